The molecule has 1 aromatic carbocycles. The molecule has 3 aromatic rings. The average molecular weight is 425 g/mol. The zero-order chi connectivity index (χ0) is 23.6. The van der Waals surface area contributed by atoms with Crippen LogP contribution in [0.4, 0.5) is 5.82 Å². The van der Waals surface area contributed by atoms with Crippen LogP contribution in [0.25, 0.3) is 17.1 Å². The van der Waals surface area contributed by atoms with Crippen LogP contribution in [0.15, 0.2) is 41.9 Å². The minimum atomic E-state index is -3.97. The Balaban J connectivity index is 1.57. The Kier molecular flexibility index (Phi) is 3.13. The molecule has 0 atom stereocenters. The first-order valence-electron chi connectivity index (χ1n) is 10.5. The molecule has 10 nitrogen and oxygen atoms in total. The molecule has 0 radical (unpaired) electrons. The van der Waals surface area contributed by atoms with Crippen molar-refractivity contribution >= 4 is 15.8 Å². The van der Waals surface area contributed by atoms with Gasteiger partial charge in [-0.05, 0) is 43.8 Å². The monoisotopic (exact) mass is 425 g/mol. The highest BCUT2D eigenvalue weighted by atomic mass is 32.2. The van der Waals surface area contributed by atoms with E-state index in [-0.39, 0.29) is 33.4 Å². The third-order valence-electron chi connectivity index (χ3n) is 5.61. The van der Waals surface area contributed by atoms with Gasteiger partial charge in [0.05, 0.1) is 28.3 Å². The second-order valence-electron chi connectivity index (χ2n) is 7.82. The summed E-state index contributed by atoms with van der Waals surface area (Å²) in [5.74, 6) is 0.170. The Labute approximate surface area is 177 Å². The number of nitriles is 1. The number of benzene rings is 1. The molecular formula is C19H18N8O2S. The van der Waals surface area contributed by atoms with Gasteiger partial charge in [-0.25, -0.2) is 28.1 Å². The number of hydrogen-bond donors (Lipinski definition) is 2. The second-order valence-corrected chi connectivity index (χ2v) is 9.50. The number of nitrogen functional groups attached to an aromatic ring is 1. The fourth-order valence-electron chi connectivity index (χ4n) is 4.27. The van der Waals surface area contributed by atoms with E-state index in [1.807, 2.05) is 0 Å². The molecular weight excluding hydrogens is 404 g/mol. The highest BCUT2D eigenvalue weighted by molar-refractivity contribution is 7.89. The normalized spacial score (nSPS) is 26.4. The highest BCUT2D eigenvalue weighted by Crippen LogP contribution is 2.67. The number of nitrogens with one attached hydrogen (secondary N) is 1. The van der Waals surface area contributed by atoms with E-state index in [1.165, 1.54) is 41.7 Å². The lowest BCUT2D eigenvalue weighted by molar-refractivity contribution is -0.0946. The Morgan fingerprint density at radius 3 is 2.83 bits per heavy atom. The standard InChI is InChI=1S/C19H18N8O2S/c1-12-2-3-13(30(28,29)26-19-6-18(7-19,8-19)9-20)4-14(12)15-5-23-16(21)17(25-15)27-11-22-10-24-27/h2-5,10-11,26H,6-8H2,1H3,(H2,21,23)/i1D3. The van der Waals surface area contributed by atoms with Gasteiger partial charge in [0, 0.05) is 15.2 Å². The number of aryl methyl sites for hydroxylation is 1. The molecule has 3 fully saturated rings. The lowest BCUT2D eigenvalue weighted by Gasteiger charge is -2.66. The van der Waals surface area contributed by atoms with Crippen LogP contribution in [-0.2, 0) is 10.0 Å². The second kappa shape index (κ2) is 6.07. The SMILES string of the molecule is [2H]C([2H])([2H])c1ccc(S(=O)(=O)NC23CC(C#N)(C2)C3)cc1-c1cnc(N)c(-n2cncn2)n1. The summed E-state index contributed by atoms with van der Waals surface area (Å²) in [6.45, 7) is -2.53. The van der Waals surface area contributed by atoms with Crippen molar-refractivity contribution in [3.05, 3.63) is 42.6 Å². The van der Waals surface area contributed by atoms with Crippen molar-refractivity contribution < 1.29 is 12.5 Å². The largest absolute Gasteiger partial charge is 0.381 e. The van der Waals surface area contributed by atoms with E-state index in [9.17, 15) is 13.7 Å². The van der Waals surface area contributed by atoms with Crippen molar-refractivity contribution in [3.8, 4) is 23.1 Å². The average Bonchev–Trinajstić information content (AvgIpc) is 3.23. The quantitative estimate of drug-likeness (QED) is 0.621. The number of sulfonamides is 1. The molecule has 0 aliphatic heterocycles. The molecule has 152 valence electrons. The van der Waals surface area contributed by atoms with E-state index in [2.05, 4.69) is 30.8 Å². The molecule has 11 heteroatoms. The van der Waals surface area contributed by atoms with Gasteiger partial charge in [0.1, 0.15) is 12.7 Å². The van der Waals surface area contributed by atoms with Gasteiger partial charge in [-0.15, -0.1) is 0 Å². The van der Waals surface area contributed by atoms with E-state index >= 15 is 0 Å². The van der Waals surface area contributed by atoms with Crippen molar-refractivity contribution in [2.75, 3.05) is 5.73 Å². The molecule has 30 heavy (non-hydrogen) atoms. The fraction of sp³-hybridized carbons (Fsp3) is 0.316. The number of nitrogens with zero attached hydrogens (tertiary/aromatic N) is 6. The van der Waals surface area contributed by atoms with Crippen molar-refractivity contribution in [2.24, 2.45) is 5.41 Å². The molecule has 0 spiro atoms. The third-order valence-corrected chi connectivity index (χ3v) is 7.19. The molecule has 2 aromatic heterocycles. The number of anilines is 1. The van der Waals surface area contributed by atoms with E-state index in [0.717, 1.165) is 0 Å². The summed E-state index contributed by atoms with van der Waals surface area (Å²) >= 11 is 0. The van der Waals surface area contributed by atoms with Gasteiger partial charge >= 0.3 is 0 Å². The van der Waals surface area contributed by atoms with E-state index in [4.69, 9.17) is 9.85 Å². The van der Waals surface area contributed by atoms with Crippen molar-refractivity contribution in [1.29, 1.82) is 5.26 Å². The van der Waals surface area contributed by atoms with Crippen LogP contribution >= 0.6 is 0 Å². The Morgan fingerprint density at radius 1 is 1.37 bits per heavy atom. The van der Waals surface area contributed by atoms with E-state index in [0.29, 0.717) is 19.3 Å². The van der Waals surface area contributed by atoms with Gasteiger partial charge in [-0.1, -0.05) is 6.07 Å². The first-order chi connectivity index (χ1) is 15.5. The fourth-order valence-corrected chi connectivity index (χ4v) is 5.69. The molecule has 0 unspecified atom stereocenters. The zero-order valence-corrected chi connectivity index (χ0v) is 16.4. The zero-order valence-electron chi connectivity index (χ0n) is 18.6. The first kappa shape index (κ1) is 15.5. The van der Waals surface area contributed by atoms with Crippen molar-refractivity contribution in [2.45, 2.75) is 36.5 Å². The number of aromatic nitrogens is 5. The Hall–Kier alpha value is -3.36. The summed E-state index contributed by atoms with van der Waals surface area (Å²) in [5.41, 5.74) is 4.98. The van der Waals surface area contributed by atoms with Crippen LogP contribution in [0.1, 0.15) is 28.9 Å². The van der Waals surface area contributed by atoms with Crippen molar-refractivity contribution in [3.63, 3.8) is 0 Å². The molecule has 3 saturated carbocycles. The summed E-state index contributed by atoms with van der Waals surface area (Å²) in [5, 5.41) is 13.1. The maximum absolute atomic E-state index is 13.1. The van der Waals surface area contributed by atoms with Crippen LogP contribution in [0.2, 0.25) is 0 Å². The number of rotatable bonds is 5. The van der Waals surface area contributed by atoms with Crippen LogP contribution in [0.3, 0.4) is 0 Å². The van der Waals surface area contributed by atoms with Crippen LogP contribution in [0.5, 0.6) is 0 Å². The van der Waals surface area contributed by atoms with Crippen molar-refractivity contribution in [1.82, 2.24) is 29.5 Å². The summed E-state index contributed by atoms with van der Waals surface area (Å²) in [7, 11) is -3.97. The molecule has 3 N–H and O–H groups in total. The van der Waals surface area contributed by atoms with Gasteiger partial charge in [0.15, 0.2) is 11.6 Å². The molecule has 3 aliphatic carbocycles. The van der Waals surface area contributed by atoms with Crippen LogP contribution in [-0.4, -0.2) is 38.7 Å². The van der Waals surface area contributed by atoms with Crippen LogP contribution < -0.4 is 10.5 Å². The molecule has 6 rings (SSSR count). The molecule has 0 amide bonds. The Bertz CT molecular complexity index is 1390. The smallest absolute Gasteiger partial charge is 0.241 e. The molecule has 2 heterocycles. The lowest BCUT2D eigenvalue weighted by Crippen LogP contribution is -2.74. The van der Waals surface area contributed by atoms with Gasteiger partial charge in [0.25, 0.3) is 0 Å². The summed E-state index contributed by atoms with van der Waals surface area (Å²) in [4.78, 5) is 12.2. The molecule has 0 saturated heterocycles. The van der Waals surface area contributed by atoms with Gasteiger partial charge in [-0.3, -0.25) is 0 Å². The topological polar surface area (TPSA) is 152 Å². The Morgan fingerprint density at radius 2 is 2.17 bits per heavy atom. The van der Waals surface area contributed by atoms with E-state index < -0.39 is 27.8 Å². The number of hydrogen-bond acceptors (Lipinski definition) is 8. The first-order valence-corrected chi connectivity index (χ1v) is 10.5. The summed E-state index contributed by atoms with van der Waals surface area (Å²) < 4.78 is 53.8. The lowest BCUT2D eigenvalue weighted by atomic mass is 9.40. The maximum Gasteiger partial charge on any atom is 0.241 e. The highest BCUT2D eigenvalue weighted by Gasteiger charge is 2.69. The molecule has 2 bridgehead atoms. The molecule has 3 aliphatic rings. The predicted molar refractivity (Wildman–Crippen MR) is 106 cm³/mol. The predicted octanol–water partition coefficient (Wildman–Crippen LogP) is 1.34. The minimum Gasteiger partial charge on any atom is -0.381 e. The van der Waals surface area contributed by atoms with Crippen LogP contribution in [0, 0.1) is 23.6 Å². The maximum atomic E-state index is 13.1. The number of nitrogens with two attached hydrogens (primary N) is 1. The summed E-state index contributed by atoms with van der Waals surface area (Å²) in [6, 6.07) is 6.01. The van der Waals surface area contributed by atoms with Gasteiger partial charge in [-0.2, -0.15) is 15.0 Å². The summed E-state index contributed by atoms with van der Waals surface area (Å²) in [6.07, 6.45) is 5.34. The van der Waals surface area contributed by atoms with Gasteiger partial charge in [0.2, 0.25) is 10.0 Å². The minimum absolute atomic E-state index is 0.0418. The third kappa shape index (κ3) is 2.76. The van der Waals surface area contributed by atoms with E-state index in [1.54, 1.807) is 0 Å². The van der Waals surface area contributed by atoms with Gasteiger partial charge < -0.3 is 5.73 Å².